The quantitative estimate of drug-likeness (QED) is 0.778. The zero-order chi connectivity index (χ0) is 14.0. The van der Waals surface area contributed by atoms with E-state index in [0.717, 1.165) is 0 Å². The second-order valence-corrected chi connectivity index (χ2v) is 4.64. The van der Waals surface area contributed by atoms with Crippen LogP contribution in [0.3, 0.4) is 0 Å². The van der Waals surface area contributed by atoms with Crippen LogP contribution in [-0.2, 0) is 6.42 Å². The van der Waals surface area contributed by atoms with Crippen molar-refractivity contribution in [2.24, 2.45) is 5.92 Å². The zero-order valence-electron chi connectivity index (χ0n) is 10.5. The number of alkyl halides is 3. The van der Waals surface area contributed by atoms with Crippen LogP contribution in [-0.4, -0.2) is 29.2 Å². The number of anilines is 1. The van der Waals surface area contributed by atoms with Gasteiger partial charge in [-0.3, -0.25) is 0 Å². The Hall–Kier alpha value is -1.40. The van der Waals surface area contributed by atoms with Crippen LogP contribution in [0.25, 0.3) is 0 Å². The SMILES string of the molecule is CCc1ncnc(N2CCCC(C(F)(F)F)C2)c1F. The van der Waals surface area contributed by atoms with Crippen LogP contribution in [0.15, 0.2) is 6.33 Å². The Balaban J connectivity index is 2.22. The van der Waals surface area contributed by atoms with E-state index in [1.165, 1.54) is 11.2 Å². The molecule has 1 aliphatic heterocycles. The summed E-state index contributed by atoms with van der Waals surface area (Å²) in [6.07, 6.45) is -2.18. The van der Waals surface area contributed by atoms with Crippen molar-refractivity contribution in [1.29, 1.82) is 0 Å². The lowest BCUT2D eigenvalue weighted by Crippen LogP contribution is -2.42. The fourth-order valence-corrected chi connectivity index (χ4v) is 2.30. The normalized spacial score (nSPS) is 20.7. The highest BCUT2D eigenvalue weighted by Gasteiger charge is 2.42. The number of nitrogens with zero attached hydrogens (tertiary/aromatic N) is 3. The van der Waals surface area contributed by atoms with Crippen LogP contribution in [0.1, 0.15) is 25.5 Å². The standard InChI is InChI=1S/C12H15F4N3/c1-2-9-10(13)11(18-7-17-9)19-5-3-4-8(6-19)12(14,15)16/h7-8H,2-6H2,1H3. The summed E-state index contributed by atoms with van der Waals surface area (Å²) in [5.41, 5.74) is 0.235. The van der Waals surface area contributed by atoms with Crippen molar-refractivity contribution >= 4 is 5.82 Å². The summed E-state index contributed by atoms with van der Waals surface area (Å²) in [4.78, 5) is 8.96. The number of halogens is 4. The zero-order valence-corrected chi connectivity index (χ0v) is 10.5. The maximum Gasteiger partial charge on any atom is 0.393 e. The van der Waals surface area contributed by atoms with Gasteiger partial charge in [0.1, 0.15) is 6.33 Å². The van der Waals surface area contributed by atoms with Crippen molar-refractivity contribution in [2.45, 2.75) is 32.4 Å². The molecule has 1 saturated heterocycles. The first kappa shape index (κ1) is 14.0. The van der Waals surface area contributed by atoms with Gasteiger partial charge in [-0.25, -0.2) is 14.4 Å². The van der Waals surface area contributed by atoms with Gasteiger partial charge in [-0.05, 0) is 19.3 Å². The first-order chi connectivity index (χ1) is 8.93. The largest absolute Gasteiger partial charge is 0.393 e. The molecule has 0 bridgehead atoms. The molecule has 1 fully saturated rings. The first-order valence-corrected chi connectivity index (χ1v) is 6.24. The number of hydrogen-bond acceptors (Lipinski definition) is 3. The topological polar surface area (TPSA) is 29.0 Å². The number of rotatable bonds is 2. The second-order valence-electron chi connectivity index (χ2n) is 4.64. The molecule has 106 valence electrons. The molecule has 1 aliphatic rings. The molecule has 7 heteroatoms. The van der Waals surface area contributed by atoms with Crippen molar-refractivity contribution < 1.29 is 17.6 Å². The van der Waals surface area contributed by atoms with Gasteiger partial charge < -0.3 is 4.90 Å². The summed E-state index contributed by atoms with van der Waals surface area (Å²) in [7, 11) is 0. The van der Waals surface area contributed by atoms with Crippen LogP contribution >= 0.6 is 0 Å². The van der Waals surface area contributed by atoms with Gasteiger partial charge in [0.15, 0.2) is 11.6 Å². The smallest absolute Gasteiger partial charge is 0.353 e. The molecule has 3 nitrogen and oxygen atoms in total. The molecule has 0 saturated carbocycles. The van der Waals surface area contributed by atoms with E-state index in [1.807, 2.05) is 0 Å². The van der Waals surface area contributed by atoms with Crippen LogP contribution < -0.4 is 4.90 Å². The third kappa shape index (κ3) is 2.96. The Morgan fingerprint density at radius 2 is 2.11 bits per heavy atom. The van der Waals surface area contributed by atoms with E-state index in [2.05, 4.69) is 9.97 Å². The Morgan fingerprint density at radius 3 is 2.74 bits per heavy atom. The van der Waals surface area contributed by atoms with Crippen molar-refractivity contribution in [3.8, 4) is 0 Å². The molecule has 0 radical (unpaired) electrons. The summed E-state index contributed by atoms with van der Waals surface area (Å²) in [5.74, 6) is -2.03. The van der Waals surface area contributed by atoms with Crippen molar-refractivity contribution in [1.82, 2.24) is 9.97 Å². The highest BCUT2D eigenvalue weighted by atomic mass is 19.4. The molecule has 19 heavy (non-hydrogen) atoms. The van der Waals surface area contributed by atoms with Gasteiger partial charge in [-0.15, -0.1) is 0 Å². The molecule has 0 spiro atoms. The van der Waals surface area contributed by atoms with Gasteiger partial charge in [-0.2, -0.15) is 13.2 Å². The highest BCUT2D eigenvalue weighted by molar-refractivity contribution is 5.41. The minimum atomic E-state index is -4.24. The van der Waals surface area contributed by atoms with Crippen LogP contribution in [0.5, 0.6) is 0 Å². The molecular weight excluding hydrogens is 262 g/mol. The molecule has 1 unspecified atom stereocenters. The Labute approximate surface area is 108 Å². The van der Waals surface area contributed by atoms with Crippen molar-refractivity contribution in [3.05, 3.63) is 17.8 Å². The molecule has 2 heterocycles. The summed E-state index contributed by atoms with van der Waals surface area (Å²) in [5, 5.41) is 0. The van der Waals surface area contributed by atoms with E-state index in [-0.39, 0.29) is 24.5 Å². The fourth-order valence-electron chi connectivity index (χ4n) is 2.30. The lowest BCUT2D eigenvalue weighted by molar-refractivity contribution is -0.176. The van der Waals surface area contributed by atoms with Gasteiger partial charge in [0.05, 0.1) is 11.6 Å². The van der Waals surface area contributed by atoms with Crippen LogP contribution in [0.2, 0.25) is 0 Å². The third-order valence-corrected chi connectivity index (χ3v) is 3.36. The lowest BCUT2D eigenvalue weighted by Gasteiger charge is -2.34. The highest BCUT2D eigenvalue weighted by Crippen LogP contribution is 2.34. The Morgan fingerprint density at radius 1 is 1.37 bits per heavy atom. The average Bonchev–Trinajstić information content (AvgIpc) is 2.38. The minimum absolute atomic E-state index is 0.0131. The maximum absolute atomic E-state index is 14.0. The number of aryl methyl sites for hydroxylation is 1. The fraction of sp³-hybridized carbons (Fsp3) is 0.667. The molecule has 1 aromatic heterocycles. The Kier molecular flexibility index (Phi) is 3.91. The van der Waals surface area contributed by atoms with E-state index in [9.17, 15) is 17.6 Å². The monoisotopic (exact) mass is 277 g/mol. The summed E-state index contributed by atoms with van der Waals surface area (Å²) >= 11 is 0. The minimum Gasteiger partial charge on any atom is -0.353 e. The molecule has 0 aromatic carbocycles. The van der Waals surface area contributed by atoms with Gasteiger partial charge in [-0.1, -0.05) is 6.92 Å². The first-order valence-electron chi connectivity index (χ1n) is 6.24. The van der Waals surface area contributed by atoms with E-state index < -0.39 is 17.9 Å². The molecule has 2 rings (SSSR count). The molecule has 0 amide bonds. The van der Waals surface area contributed by atoms with Gasteiger partial charge in [0, 0.05) is 13.1 Å². The van der Waals surface area contributed by atoms with Gasteiger partial charge in [0.2, 0.25) is 0 Å². The number of hydrogen-bond donors (Lipinski definition) is 0. The van der Waals surface area contributed by atoms with Crippen LogP contribution in [0.4, 0.5) is 23.4 Å². The predicted octanol–water partition coefficient (Wildman–Crippen LogP) is 2.96. The van der Waals surface area contributed by atoms with Gasteiger partial charge >= 0.3 is 6.18 Å². The lowest BCUT2D eigenvalue weighted by atomic mass is 9.97. The maximum atomic E-state index is 14.0. The Bertz CT molecular complexity index is 447. The number of piperidine rings is 1. The van der Waals surface area contributed by atoms with E-state index in [1.54, 1.807) is 6.92 Å². The second kappa shape index (κ2) is 5.30. The summed E-state index contributed by atoms with van der Waals surface area (Å²) in [6, 6.07) is 0. The van der Waals surface area contributed by atoms with Crippen molar-refractivity contribution in [2.75, 3.05) is 18.0 Å². The molecule has 0 N–H and O–H groups in total. The van der Waals surface area contributed by atoms with Crippen LogP contribution in [0, 0.1) is 11.7 Å². The van der Waals surface area contributed by atoms with E-state index in [4.69, 9.17) is 0 Å². The third-order valence-electron chi connectivity index (χ3n) is 3.36. The van der Waals surface area contributed by atoms with Gasteiger partial charge in [0.25, 0.3) is 0 Å². The molecule has 1 atom stereocenters. The molecular formula is C12H15F4N3. The summed E-state index contributed by atoms with van der Waals surface area (Å²) in [6.45, 7) is 1.90. The average molecular weight is 277 g/mol. The predicted molar refractivity (Wildman–Crippen MR) is 62.4 cm³/mol. The van der Waals surface area contributed by atoms with Crippen molar-refractivity contribution in [3.63, 3.8) is 0 Å². The molecule has 0 aliphatic carbocycles. The van der Waals surface area contributed by atoms with E-state index in [0.29, 0.717) is 19.4 Å². The summed E-state index contributed by atoms with van der Waals surface area (Å²) < 4.78 is 52.2. The molecule has 1 aromatic rings. The number of aromatic nitrogens is 2. The van der Waals surface area contributed by atoms with E-state index >= 15 is 0 Å².